The molecule has 0 fully saturated rings. The van der Waals surface area contributed by atoms with Crippen LogP contribution in [0.15, 0.2) is 71.9 Å². The molecule has 1 amide bonds. The molecule has 0 spiro atoms. The van der Waals surface area contributed by atoms with Crippen LogP contribution in [0, 0.1) is 20.8 Å². The zero-order chi connectivity index (χ0) is 25.9. The number of nitrogens with zero attached hydrogens (tertiary/aromatic N) is 3. The van der Waals surface area contributed by atoms with Crippen molar-refractivity contribution in [2.75, 3.05) is 7.11 Å². The number of ether oxygens (including phenoxy) is 2. The summed E-state index contributed by atoms with van der Waals surface area (Å²) in [7, 11) is -2.71. The third-order valence-electron chi connectivity index (χ3n) is 5.24. The number of amides is 1. The molecule has 1 aromatic carbocycles. The van der Waals surface area contributed by atoms with Crippen LogP contribution in [-0.4, -0.2) is 36.4 Å². The first-order valence-corrected chi connectivity index (χ1v) is 12.4. The Bertz CT molecular complexity index is 1520. The lowest BCUT2D eigenvalue weighted by molar-refractivity contribution is 0.0978. The van der Waals surface area contributed by atoms with E-state index in [0.717, 1.165) is 16.7 Å². The van der Waals surface area contributed by atoms with Gasteiger partial charge in [0.25, 0.3) is 15.9 Å². The van der Waals surface area contributed by atoms with Gasteiger partial charge in [-0.15, -0.1) is 0 Å². The number of benzene rings is 1. The van der Waals surface area contributed by atoms with Gasteiger partial charge in [0.2, 0.25) is 11.8 Å². The lowest BCUT2D eigenvalue weighted by Gasteiger charge is -2.16. The number of rotatable bonds is 7. The molecular formula is C26H24N4O5S. The van der Waals surface area contributed by atoms with Crippen molar-refractivity contribution in [1.29, 1.82) is 0 Å². The van der Waals surface area contributed by atoms with Crippen LogP contribution >= 0.6 is 0 Å². The second kappa shape index (κ2) is 10.1. The number of pyridine rings is 3. The van der Waals surface area contributed by atoms with Gasteiger partial charge < -0.3 is 9.47 Å². The summed E-state index contributed by atoms with van der Waals surface area (Å²) in [4.78, 5) is 25.9. The molecule has 4 rings (SSSR count). The number of sulfonamides is 1. The van der Waals surface area contributed by atoms with E-state index in [4.69, 9.17) is 9.47 Å². The normalized spacial score (nSPS) is 11.1. The quantitative estimate of drug-likeness (QED) is 0.394. The van der Waals surface area contributed by atoms with E-state index < -0.39 is 15.9 Å². The fraction of sp³-hybridized carbons (Fsp3) is 0.154. The van der Waals surface area contributed by atoms with Gasteiger partial charge in [-0.25, -0.2) is 19.7 Å². The summed E-state index contributed by atoms with van der Waals surface area (Å²) in [5.74, 6) is -0.0626. The fourth-order valence-corrected chi connectivity index (χ4v) is 4.58. The van der Waals surface area contributed by atoms with Crippen molar-refractivity contribution < 1.29 is 22.7 Å². The van der Waals surface area contributed by atoms with E-state index in [0.29, 0.717) is 23.0 Å². The highest BCUT2D eigenvalue weighted by Crippen LogP contribution is 2.32. The number of hydrogen-bond acceptors (Lipinski definition) is 8. The molecule has 36 heavy (non-hydrogen) atoms. The molecule has 0 atom stereocenters. The van der Waals surface area contributed by atoms with Gasteiger partial charge in [0.15, 0.2) is 5.03 Å². The van der Waals surface area contributed by atoms with Crippen LogP contribution in [0.2, 0.25) is 0 Å². The van der Waals surface area contributed by atoms with Gasteiger partial charge in [0, 0.05) is 12.3 Å². The Kier molecular flexibility index (Phi) is 6.98. The Morgan fingerprint density at radius 2 is 1.61 bits per heavy atom. The minimum atomic E-state index is -4.21. The summed E-state index contributed by atoms with van der Waals surface area (Å²) in [6.07, 6.45) is 1.33. The number of hydrogen-bond donors (Lipinski definition) is 1. The maximum atomic E-state index is 13.1. The van der Waals surface area contributed by atoms with Crippen molar-refractivity contribution in [3.8, 4) is 28.9 Å². The predicted octanol–water partition coefficient (Wildman–Crippen LogP) is 4.38. The summed E-state index contributed by atoms with van der Waals surface area (Å²) >= 11 is 0. The molecule has 4 aromatic rings. The molecule has 0 saturated heterocycles. The summed E-state index contributed by atoms with van der Waals surface area (Å²) in [5.41, 5.74) is 3.57. The van der Waals surface area contributed by atoms with Crippen molar-refractivity contribution in [1.82, 2.24) is 19.7 Å². The van der Waals surface area contributed by atoms with E-state index in [9.17, 15) is 13.2 Å². The van der Waals surface area contributed by atoms with Gasteiger partial charge in [0.05, 0.1) is 18.5 Å². The maximum absolute atomic E-state index is 13.1. The largest absolute Gasteiger partial charge is 0.481 e. The highest BCUT2D eigenvalue weighted by molar-refractivity contribution is 7.90. The van der Waals surface area contributed by atoms with Gasteiger partial charge in [-0.05, 0) is 62.2 Å². The number of carbonyl (C=O) groups excluding carboxylic acids is 1. The minimum absolute atomic E-state index is 0.0686. The number of carbonyl (C=O) groups is 1. The Morgan fingerprint density at radius 1 is 0.889 bits per heavy atom. The van der Waals surface area contributed by atoms with E-state index in [1.165, 1.54) is 31.5 Å². The Hall–Kier alpha value is -4.31. The SMILES string of the molecule is COc1cccc(-c2ccc(C(=O)NS(=O)(=O)c3ccccn3)c(Oc3c(C)cc(C)cc3C)n2)n1. The van der Waals surface area contributed by atoms with Crippen LogP contribution in [-0.2, 0) is 10.0 Å². The summed E-state index contributed by atoms with van der Waals surface area (Å²) in [5, 5.41) is -0.281. The molecule has 0 unspecified atom stereocenters. The van der Waals surface area contributed by atoms with E-state index in [1.54, 1.807) is 30.3 Å². The summed E-state index contributed by atoms with van der Waals surface area (Å²) in [6, 6.07) is 16.5. The summed E-state index contributed by atoms with van der Waals surface area (Å²) in [6.45, 7) is 5.74. The zero-order valence-electron chi connectivity index (χ0n) is 20.1. The second-order valence-corrected chi connectivity index (χ2v) is 9.68. The molecule has 9 nitrogen and oxygen atoms in total. The van der Waals surface area contributed by atoms with Crippen LogP contribution in [0.1, 0.15) is 27.0 Å². The molecule has 0 aliphatic carbocycles. The van der Waals surface area contributed by atoms with E-state index in [1.807, 2.05) is 37.6 Å². The lowest BCUT2D eigenvalue weighted by Crippen LogP contribution is -2.31. The Balaban J connectivity index is 1.78. The van der Waals surface area contributed by atoms with Crippen molar-refractivity contribution in [2.45, 2.75) is 25.8 Å². The van der Waals surface area contributed by atoms with Crippen LogP contribution in [0.4, 0.5) is 0 Å². The predicted molar refractivity (Wildman–Crippen MR) is 134 cm³/mol. The molecule has 184 valence electrons. The monoisotopic (exact) mass is 504 g/mol. The van der Waals surface area contributed by atoms with Crippen molar-refractivity contribution in [2.24, 2.45) is 0 Å². The Labute approximate surface area is 209 Å². The standard InChI is InChI=1S/C26H24N4O5S/c1-16-14-17(2)24(18(3)15-16)35-26-19(25(31)30-36(32,33)23-10-5-6-13-27-23)11-12-21(29-26)20-8-7-9-22(28-20)34-4/h5-15H,1-4H3,(H,30,31). The number of aromatic nitrogens is 3. The summed E-state index contributed by atoms with van der Waals surface area (Å²) < 4.78 is 38.8. The molecule has 3 heterocycles. The molecule has 0 radical (unpaired) electrons. The molecule has 0 bridgehead atoms. The van der Waals surface area contributed by atoms with Crippen LogP contribution in [0.3, 0.4) is 0 Å². The number of nitrogens with one attached hydrogen (secondary N) is 1. The molecule has 1 N–H and O–H groups in total. The lowest BCUT2D eigenvalue weighted by atomic mass is 10.1. The van der Waals surface area contributed by atoms with Crippen molar-refractivity contribution in [3.63, 3.8) is 0 Å². The topological polar surface area (TPSA) is 120 Å². The molecule has 0 aliphatic rings. The van der Waals surface area contributed by atoms with Crippen LogP contribution in [0.5, 0.6) is 17.5 Å². The van der Waals surface area contributed by atoms with Gasteiger partial charge in [-0.3, -0.25) is 4.79 Å². The van der Waals surface area contributed by atoms with Crippen LogP contribution in [0.25, 0.3) is 11.4 Å². The average molecular weight is 505 g/mol. The molecule has 0 saturated carbocycles. The highest BCUT2D eigenvalue weighted by Gasteiger charge is 2.24. The maximum Gasteiger partial charge on any atom is 0.281 e. The second-order valence-electron chi connectivity index (χ2n) is 8.05. The minimum Gasteiger partial charge on any atom is -0.481 e. The van der Waals surface area contributed by atoms with Crippen molar-refractivity contribution >= 4 is 15.9 Å². The number of aryl methyl sites for hydroxylation is 3. The van der Waals surface area contributed by atoms with Gasteiger partial charge in [-0.1, -0.05) is 29.8 Å². The molecule has 10 heteroatoms. The number of methoxy groups -OCH3 is 1. The Morgan fingerprint density at radius 3 is 2.28 bits per heavy atom. The zero-order valence-corrected chi connectivity index (χ0v) is 21.0. The first-order chi connectivity index (χ1) is 17.2. The van der Waals surface area contributed by atoms with Crippen LogP contribution < -0.4 is 14.2 Å². The third kappa shape index (κ3) is 5.33. The third-order valence-corrected chi connectivity index (χ3v) is 6.49. The van der Waals surface area contributed by atoms with Crippen molar-refractivity contribution in [3.05, 3.63) is 89.1 Å². The average Bonchev–Trinajstić information content (AvgIpc) is 2.86. The van der Waals surface area contributed by atoms with E-state index in [-0.39, 0.29) is 16.5 Å². The van der Waals surface area contributed by atoms with E-state index in [2.05, 4.69) is 15.0 Å². The van der Waals surface area contributed by atoms with Gasteiger partial charge >= 0.3 is 0 Å². The van der Waals surface area contributed by atoms with E-state index >= 15 is 0 Å². The fourth-order valence-electron chi connectivity index (χ4n) is 3.66. The first-order valence-electron chi connectivity index (χ1n) is 10.9. The van der Waals surface area contributed by atoms with Gasteiger partial charge in [0.1, 0.15) is 11.3 Å². The molecular weight excluding hydrogens is 480 g/mol. The smallest absolute Gasteiger partial charge is 0.281 e. The molecule has 0 aliphatic heterocycles. The highest BCUT2D eigenvalue weighted by atomic mass is 32.2. The molecule has 3 aromatic heterocycles. The first kappa shape index (κ1) is 24.8. The van der Waals surface area contributed by atoms with Gasteiger partial charge in [-0.2, -0.15) is 8.42 Å².